The molecule has 2 amide bonds. The number of aliphatic imine (C=N–C) groups is 1. The summed E-state index contributed by atoms with van der Waals surface area (Å²) in [6.45, 7) is 0. The second-order valence-electron chi connectivity index (χ2n) is 10.6. The monoisotopic (exact) mass is 504 g/mol. The van der Waals surface area contributed by atoms with E-state index >= 15 is 0 Å². The van der Waals surface area contributed by atoms with Gasteiger partial charge in [-0.05, 0) is 45.8 Å². The summed E-state index contributed by atoms with van der Waals surface area (Å²) in [5.74, 6) is -1.55. The molecule has 0 aromatic heterocycles. The van der Waals surface area contributed by atoms with Crippen LogP contribution in [-0.2, 0) is 15.0 Å². The molecule has 0 spiro atoms. The number of rotatable bonds is 3. The number of para-hydroxylation sites is 1. The lowest BCUT2D eigenvalue weighted by Gasteiger charge is -2.52. The van der Waals surface area contributed by atoms with Crippen molar-refractivity contribution in [3.63, 3.8) is 0 Å². The van der Waals surface area contributed by atoms with E-state index in [2.05, 4.69) is 42.5 Å². The standard InChI is InChI=1S/C35H24N2O2/c38-33-31-30-25-16-6-8-18-27(25)35(28-19-9-7-17-26(28)30,32(31)34(39)37(33)23-13-2-1-3-14-23)21-36-29-20-10-12-22-11-4-5-15-24(22)29/h1-21,30-32H/t30?,31-,32+,35?/m0/s1. The molecule has 1 saturated heterocycles. The van der Waals surface area contributed by atoms with Gasteiger partial charge in [0, 0.05) is 17.5 Å². The topological polar surface area (TPSA) is 49.7 Å². The summed E-state index contributed by atoms with van der Waals surface area (Å²) < 4.78 is 0. The van der Waals surface area contributed by atoms with Crippen molar-refractivity contribution in [1.82, 2.24) is 0 Å². The Labute approximate surface area is 226 Å². The van der Waals surface area contributed by atoms with Gasteiger partial charge in [0.2, 0.25) is 11.8 Å². The fourth-order valence-corrected chi connectivity index (χ4v) is 7.37. The van der Waals surface area contributed by atoms with E-state index in [1.807, 2.05) is 85.1 Å². The third-order valence-electron chi connectivity index (χ3n) is 8.87. The highest BCUT2D eigenvalue weighted by Gasteiger charge is 2.67. The number of nitrogens with zero attached hydrogens (tertiary/aromatic N) is 2. The molecule has 2 atom stereocenters. The summed E-state index contributed by atoms with van der Waals surface area (Å²) in [5, 5.41) is 2.16. The average Bonchev–Trinajstić information content (AvgIpc) is 3.27. The fourth-order valence-electron chi connectivity index (χ4n) is 7.37. The Bertz CT molecular complexity index is 1790. The summed E-state index contributed by atoms with van der Waals surface area (Å²) in [7, 11) is 0. The molecule has 1 heterocycles. The molecule has 4 nitrogen and oxygen atoms in total. The summed E-state index contributed by atoms with van der Waals surface area (Å²) in [6.07, 6.45) is 1.97. The van der Waals surface area contributed by atoms with Crippen LogP contribution < -0.4 is 4.90 Å². The van der Waals surface area contributed by atoms with E-state index in [0.29, 0.717) is 5.69 Å². The molecule has 0 N–H and O–H groups in total. The highest BCUT2D eigenvalue weighted by atomic mass is 16.2. The van der Waals surface area contributed by atoms with Crippen LogP contribution in [-0.4, -0.2) is 18.0 Å². The fraction of sp³-hybridized carbons (Fsp3) is 0.114. The largest absolute Gasteiger partial charge is 0.274 e. The molecule has 0 saturated carbocycles. The Morgan fingerprint density at radius 1 is 0.641 bits per heavy atom. The molecular weight excluding hydrogens is 480 g/mol. The van der Waals surface area contributed by atoms with Crippen LogP contribution in [0.2, 0.25) is 0 Å². The number of imide groups is 1. The first-order valence-electron chi connectivity index (χ1n) is 13.3. The minimum absolute atomic E-state index is 0.131. The van der Waals surface area contributed by atoms with Crippen LogP contribution in [0.15, 0.2) is 126 Å². The van der Waals surface area contributed by atoms with E-state index in [-0.39, 0.29) is 17.7 Å². The maximum atomic E-state index is 14.4. The zero-order valence-corrected chi connectivity index (χ0v) is 21.1. The van der Waals surface area contributed by atoms with Gasteiger partial charge in [-0.25, -0.2) is 4.90 Å². The molecule has 4 aliphatic rings. The van der Waals surface area contributed by atoms with Gasteiger partial charge < -0.3 is 0 Å². The molecule has 0 radical (unpaired) electrons. The highest BCUT2D eigenvalue weighted by Crippen LogP contribution is 2.63. The van der Waals surface area contributed by atoms with E-state index in [9.17, 15) is 9.59 Å². The first-order chi connectivity index (χ1) is 19.2. The Morgan fingerprint density at radius 2 is 1.26 bits per heavy atom. The lowest BCUT2D eigenvalue weighted by Crippen LogP contribution is -2.54. The van der Waals surface area contributed by atoms with Crippen LogP contribution in [0.3, 0.4) is 0 Å². The maximum absolute atomic E-state index is 14.4. The van der Waals surface area contributed by atoms with Crippen molar-refractivity contribution >= 4 is 40.2 Å². The molecular formula is C35H24N2O2. The molecule has 3 aliphatic carbocycles. The average molecular weight is 505 g/mol. The minimum atomic E-state index is -0.875. The van der Waals surface area contributed by atoms with Crippen LogP contribution in [0, 0.1) is 11.8 Å². The van der Waals surface area contributed by atoms with Gasteiger partial charge in [-0.1, -0.05) is 103 Å². The van der Waals surface area contributed by atoms with Crippen LogP contribution >= 0.6 is 0 Å². The number of carbonyl (C=O) groups is 2. The van der Waals surface area contributed by atoms with Crippen molar-refractivity contribution in [2.45, 2.75) is 11.3 Å². The molecule has 1 aliphatic heterocycles. The predicted molar refractivity (Wildman–Crippen MR) is 154 cm³/mol. The van der Waals surface area contributed by atoms with Gasteiger partial charge in [-0.3, -0.25) is 14.6 Å². The van der Waals surface area contributed by atoms with Crippen LogP contribution in [0.5, 0.6) is 0 Å². The van der Waals surface area contributed by atoms with Crippen molar-refractivity contribution in [2.24, 2.45) is 16.8 Å². The third kappa shape index (κ3) is 2.86. The van der Waals surface area contributed by atoms with Crippen molar-refractivity contribution in [3.05, 3.63) is 144 Å². The van der Waals surface area contributed by atoms with Crippen molar-refractivity contribution in [3.8, 4) is 0 Å². The second kappa shape index (κ2) is 8.08. The molecule has 9 rings (SSSR count). The first kappa shape index (κ1) is 22.2. The lowest BCUT2D eigenvalue weighted by molar-refractivity contribution is -0.122. The van der Waals surface area contributed by atoms with Gasteiger partial charge in [-0.15, -0.1) is 0 Å². The van der Waals surface area contributed by atoms with E-state index in [1.165, 1.54) is 4.90 Å². The Balaban J connectivity index is 1.42. The molecule has 5 aromatic rings. The molecule has 4 heteroatoms. The maximum Gasteiger partial charge on any atom is 0.239 e. The number of carbonyl (C=O) groups excluding carboxylic acids is 2. The third-order valence-corrected chi connectivity index (χ3v) is 8.87. The van der Waals surface area contributed by atoms with Gasteiger partial charge in [-0.2, -0.15) is 0 Å². The Morgan fingerprint density at radius 3 is 2.00 bits per heavy atom. The Hall–Kier alpha value is -4.83. The quantitative estimate of drug-likeness (QED) is 0.201. The summed E-state index contributed by atoms with van der Waals surface area (Å²) in [5.41, 5.74) is 4.94. The highest BCUT2D eigenvalue weighted by molar-refractivity contribution is 6.25. The molecule has 2 bridgehead atoms. The number of fused-ring (bicyclic) bond motifs is 1. The van der Waals surface area contributed by atoms with Crippen LogP contribution in [0.25, 0.3) is 10.8 Å². The SMILES string of the molecule is O=C1[C@H]2C3c4ccccc4C(C=Nc4cccc5ccccc45)(c4ccccc43)[C@H]2C(=O)N1c1ccccc1. The number of amides is 2. The van der Waals surface area contributed by atoms with Crippen molar-refractivity contribution in [2.75, 3.05) is 4.90 Å². The van der Waals surface area contributed by atoms with Gasteiger partial charge in [0.25, 0.3) is 0 Å². The number of benzene rings is 5. The molecule has 0 unspecified atom stereocenters. The van der Waals surface area contributed by atoms with E-state index in [0.717, 1.165) is 38.7 Å². The van der Waals surface area contributed by atoms with E-state index < -0.39 is 17.3 Å². The van der Waals surface area contributed by atoms with Gasteiger partial charge >= 0.3 is 0 Å². The first-order valence-corrected chi connectivity index (χ1v) is 13.3. The summed E-state index contributed by atoms with van der Waals surface area (Å²) in [6, 6.07) is 40.2. The van der Waals surface area contributed by atoms with Gasteiger partial charge in [0.15, 0.2) is 0 Å². The van der Waals surface area contributed by atoms with E-state index in [4.69, 9.17) is 4.99 Å². The number of hydrogen-bond donors (Lipinski definition) is 0. The molecule has 39 heavy (non-hydrogen) atoms. The minimum Gasteiger partial charge on any atom is -0.274 e. The van der Waals surface area contributed by atoms with Gasteiger partial charge in [0.1, 0.15) is 0 Å². The lowest BCUT2D eigenvalue weighted by atomic mass is 9.47. The Kier molecular flexibility index (Phi) is 4.60. The normalized spacial score (nSPS) is 24.7. The second-order valence-corrected chi connectivity index (χ2v) is 10.6. The summed E-state index contributed by atoms with van der Waals surface area (Å²) in [4.78, 5) is 35.2. The van der Waals surface area contributed by atoms with Gasteiger partial charge in [0.05, 0.1) is 28.6 Å². The number of hydrogen-bond acceptors (Lipinski definition) is 3. The molecule has 186 valence electrons. The zero-order chi connectivity index (χ0) is 26.1. The molecule has 1 fully saturated rings. The van der Waals surface area contributed by atoms with Crippen molar-refractivity contribution < 1.29 is 9.59 Å². The van der Waals surface area contributed by atoms with Crippen LogP contribution in [0.4, 0.5) is 11.4 Å². The number of anilines is 1. The molecule has 5 aromatic carbocycles. The zero-order valence-electron chi connectivity index (χ0n) is 21.1. The van der Waals surface area contributed by atoms with Crippen molar-refractivity contribution in [1.29, 1.82) is 0 Å². The smallest absolute Gasteiger partial charge is 0.239 e. The predicted octanol–water partition coefficient (Wildman–Crippen LogP) is 6.79. The summed E-state index contributed by atoms with van der Waals surface area (Å²) >= 11 is 0. The van der Waals surface area contributed by atoms with Crippen LogP contribution in [0.1, 0.15) is 28.2 Å². The van der Waals surface area contributed by atoms with E-state index in [1.54, 1.807) is 0 Å².